The van der Waals surface area contributed by atoms with Crippen molar-refractivity contribution < 1.29 is 21.9 Å². The molecule has 0 fully saturated rings. The Morgan fingerprint density at radius 3 is 2.48 bits per heavy atom. The lowest BCUT2D eigenvalue weighted by Gasteiger charge is -2.12. The molecule has 2 N–H and O–H groups in total. The van der Waals surface area contributed by atoms with Crippen LogP contribution < -0.4 is 9.88 Å². The first kappa shape index (κ1) is 15.4. The van der Waals surface area contributed by atoms with Gasteiger partial charge in [0, 0.05) is 5.56 Å². The van der Waals surface area contributed by atoms with Gasteiger partial charge in [0.05, 0.1) is 4.90 Å². The number of nitrogens with two attached hydrogens (primary N) is 1. The van der Waals surface area contributed by atoms with Crippen molar-refractivity contribution in [3.63, 3.8) is 0 Å². The fourth-order valence-corrected chi connectivity index (χ4v) is 2.47. The largest absolute Gasteiger partial charge is 0.434 e. The Morgan fingerprint density at radius 1 is 1.14 bits per heavy atom. The number of rotatable bonds is 4. The molecule has 0 aliphatic heterocycles. The highest BCUT2D eigenvalue weighted by atomic mass is 32.2. The van der Waals surface area contributed by atoms with Crippen LogP contribution in [0.2, 0.25) is 0 Å². The second-order valence-corrected chi connectivity index (χ2v) is 6.01. The van der Waals surface area contributed by atoms with Gasteiger partial charge in [0.25, 0.3) is 0 Å². The highest BCUT2D eigenvalue weighted by Crippen LogP contribution is 2.33. The Hall–Kier alpha value is -1.99. The monoisotopic (exact) mass is 313 g/mol. The Kier molecular flexibility index (Phi) is 4.24. The zero-order chi connectivity index (χ0) is 15.6. The molecule has 7 heteroatoms. The SMILES string of the molecule is Cc1ccc(OC(F)F)c(-c2cccc(S(N)(=O)=O)c2)c1. The predicted octanol–water partition coefficient (Wildman–Crippen LogP) is 2.91. The molecule has 0 saturated carbocycles. The number of benzene rings is 2. The molecule has 0 aromatic heterocycles. The zero-order valence-corrected chi connectivity index (χ0v) is 11.9. The summed E-state index contributed by atoms with van der Waals surface area (Å²) in [4.78, 5) is -0.0931. The standard InChI is InChI=1S/C14H13F2NO3S/c1-9-5-6-13(20-14(15)16)12(7-9)10-3-2-4-11(8-10)21(17,18)19/h2-8,14H,1H3,(H2,17,18,19). The van der Waals surface area contributed by atoms with Gasteiger partial charge in [-0.25, -0.2) is 13.6 Å². The van der Waals surface area contributed by atoms with E-state index in [1.807, 2.05) is 0 Å². The van der Waals surface area contributed by atoms with E-state index < -0.39 is 16.6 Å². The maximum atomic E-state index is 12.4. The van der Waals surface area contributed by atoms with Gasteiger partial charge in [-0.2, -0.15) is 8.78 Å². The molecule has 0 amide bonds. The lowest BCUT2D eigenvalue weighted by Crippen LogP contribution is -2.12. The fourth-order valence-electron chi connectivity index (χ4n) is 1.91. The molecular weight excluding hydrogens is 300 g/mol. The molecule has 112 valence electrons. The molecule has 0 aliphatic rings. The summed E-state index contributed by atoms with van der Waals surface area (Å²) in [6, 6.07) is 10.4. The first-order valence-electron chi connectivity index (χ1n) is 5.96. The predicted molar refractivity (Wildman–Crippen MR) is 74.6 cm³/mol. The minimum absolute atomic E-state index is 0.0258. The average Bonchev–Trinajstić information content (AvgIpc) is 2.39. The smallest absolute Gasteiger partial charge is 0.387 e. The van der Waals surface area contributed by atoms with Crippen molar-refractivity contribution in [1.82, 2.24) is 0 Å². The van der Waals surface area contributed by atoms with Crippen molar-refractivity contribution in [1.29, 1.82) is 0 Å². The minimum Gasteiger partial charge on any atom is -0.434 e. The van der Waals surface area contributed by atoms with Gasteiger partial charge >= 0.3 is 6.61 Å². The Balaban J connectivity index is 2.58. The van der Waals surface area contributed by atoms with Crippen LogP contribution in [0.25, 0.3) is 11.1 Å². The number of hydrogen-bond acceptors (Lipinski definition) is 3. The summed E-state index contributed by atoms with van der Waals surface area (Å²) in [5.74, 6) is -0.0258. The highest BCUT2D eigenvalue weighted by molar-refractivity contribution is 7.89. The van der Waals surface area contributed by atoms with Gasteiger partial charge in [0.2, 0.25) is 10.0 Å². The highest BCUT2D eigenvalue weighted by Gasteiger charge is 2.14. The van der Waals surface area contributed by atoms with Gasteiger partial charge in [-0.1, -0.05) is 23.8 Å². The van der Waals surface area contributed by atoms with Crippen LogP contribution in [0.4, 0.5) is 8.78 Å². The Labute approximate surface area is 121 Å². The van der Waals surface area contributed by atoms with Crippen molar-refractivity contribution in [3.05, 3.63) is 48.0 Å². The van der Waals surface area contributed by atoms with Gasteiger partial charge in [0.1, 0.15) is 5.75 Å². The summed E-state index contributed by atoms with van der Waals surface area (Å²) in [7, 11) is -3.87. The van der Waals surface area contributed by atoms with Crippen molar-refractivity contribution >= 4 is 10.0 Å². The molecule has 0 bridgehead atoms. The average molecular weight is 313 g/mol. The van der Waals surface area contributed by atoms with E-state index in [-0.39, 0.29) is 10.6 Å². The summed E-state index contributed by atoms with van der Waals surface area (Å²) in [6.45, 7) is -1.17. The molecule has 0 radical (unpaired) electrons. The first-order chi connectivity index (χ1) is 9.77. The normalized spacial score (nSPS) is 11.7. The molecular formula is C14H13F2NO3S. The van der Waals surface area contributed by atoms with E-state index in [1.165, 1.54) is 24.3 Å². The van der Waals surface area contributed by atoms with Crippen LogP contribution in [-0.4, -0.2) is 15.0 Å². The molecule has 2 aromatic carbocycles. The van der Waals surface area contributed by atoms with Crippen molar-refractivity contribution in [2.45, 2.75) is 18.4 Å². The molecule has 0 atom stereocenters. The number of hydrogen-bond donors (Lipinski definition) is 1. The van der Waals surface area contributed by atoms with Crippen LogP contribution in [0, 0.1) is 6.92 Å². The number of alkyl halides is 2. The molecule has 0 heterocycles. The number of aryl methyl sites for hydroxylation is 1. The number of halogens is 2. The summed E-state index contributed by atoms with van der Waals surface area (Å²) < 4.78 is 52.1. The Morgan fingerprint density at radius 2 is 1.86 bits per heavy atom. The van der Waals surface area contributed by atoms with Gasteiger partial charge in [-0.3, -0.25) is 0 Å². The van der Waals surface area contributed by atoms with E-state index in [1.54, 1.807) is 25.1 Å². The summed E-state index contributed by atoms with van der Waals surface area (Å²) in [5, 5.41) is 5.07. The van der Waals surface area contributed by atoms with E-state index in [0.29, 0.717) is 11.1 Å². The molecule has 0 spiro atoms. The zero-order valence-electron chi connectivity index (χ0n) is 11.1. The third kappa shape index (κ3) is 3.77. The molecule has 4 nitrogen and oxygen atoms in total. The first-order valence-corrected chi connectivity index (χ1v) is 7.51. The second kappa shape index (κ2) is 5.79. The Bertz CT molecular complexity index is 761. The van der Waals surface area contributed by atoms with Crippen LogP contribution in [0.3, 0.4) is 0 Å². The second-order valence-electron chi connectivity index (χ2n) is 4.45. The summed E-state index contributed by atoms with van der Waals surface area (Å²) in [6.07, 6.45) is 0. The number of primary sulfonamides is 1. The van der Waals surface area contributed by atoms with Crippen molar-refractivity contribution in [2.24, 2.45) is 5.14 Å². The van der Waals surface area contributed by atoms with Gasteiger partial charge in [0.15, 0.2) is 0 Å². The lowest BCUT2D eigenvalue weighted by molar-refractivity contribution is -0.0494. The van der Waals surface area contributed by atoms with E-state index in [4.69, 9.17) is 5.14 Å². The van der Waals surface area contributed by atoms with Crippen LogP contribution in [0.15, 0.2) is 47.4 Å². The molecule has 21 heavy (non-hydrogen) atoms. The fraction of sp³-hybridized carbons (Fsp3) is 0.143. The summed E-state index contributed by atoms with van der Waals surface area (Å²) in [5.41, 5.74) is 1.63. The maximum absolute atomic E-state index is 12.4. The minimum atomic E-state index is -3.87. The van der Waals surface area contributed by atoms with E-state index in [0.717, 1.165) is 5.56 Å². The molecule has 0 saturated heterocycles. The number of sulfonamides is 1. The van der Waals surface area contributed by atoms with Crippen LogP contribution in [-0.2, 0) is 10.0 Å². The molecule has 2 rings (SSSR count). The lowest BCUT2D eigenvalue weighted by atomic mass is 10.0. The van der Waals surface area contributed by atoms with Gasteiger partial charge in [-0.05, 0) is 36.8 Å². The van der Waals surface area contributed by atoms with E-state index in [2.05, 4.69) is 4.74 Å². The molecule has 0 unspecified atom stereocenters. The third-order valence-electron chi connectivity index (χ3n) is 2.82. The summed E-state index contributed by atoms with van der Waals surface area (Å²) >= 11 is 0. The topological polar surface area (TPSA) is 69.4 Å². The van der Waals surface area contributed by atoms with Crippen LogP contribution in [0.5, 0.6) is 5.75 Å². The molecule has 2 aromatic rings. The van der Waals surface area contributed by atoms with Gasteiger partial charge < -0.3 is 4.74 Å². The third-order valence-corrected chi connectivity index (χ3v) is 3.74. The van der Waals surface area contributed by atoms with Crippen molar-refractivity contribution in [3.8, 4) is 16.9 Å². The van der Waals surface area contributed by atoms with E-state index >= 15 is 0 Å². The quantitative estimate of drug-likeness (QED) is 0.943. The van der Waals surface area contributed by atoms with Crippen LogP contribution >= 0.6 is 0 Å². The van der Waals surface area contributed by atoms with Gasteiger partial charge in [-0.15, -0.1) is 0 Å². The molecule has 0 aliphatic carbocycles. The van der Waals surface area contributed by atoms with E-state index in [9.17, 15) is 17.2 Å². The van der Waals surface area contributed by atoms with Crippen molar-refractivity contribution in [2.75, 3.05) is 0 Å². The maximum Gasteiger partial charge on any atom is 0.387 e. The number of ether oxygens (including phenoxy) is 1. The van der Waals surface area contributed by atoms with Crippen LogP contribution in [0.1, 0.15) is 5.56 Å².